The van der Waals surface area contributed by atoms with E-state index in [0.29, 0.717) is 0 Å². The van der Waals surface area contributed by atoms with E-state index in [1.807, 2.05) is 13.0 Å². The first-order valence-electron chi connectivity index (χ1n) is 4.46. The largest absolute Gasteiger partial charge is 0.281 e. The van der Waals surface area contributed by atoms with Crippen LogP contribution in [0.3, 0.4) is 0 Å². The van der Waals surface area contributed by atoms with E-state index < -0.39 is 0 Å². The SMILES string of the molecule is Cc1cccc(-c2n[nH]c(C)c2Br)c1. The summed E-state index contributed by atoms with van der Waals surface area (Å²) in [7, 11) is 0. The van der Waals surface area contributed by atoms with Gasteiger partial charge in [-0.25, -0.2) is 0 Å². The average molecular weight is 251 g/mol. The molecule has 0 fully saturated rings. The summed E-state index contributed by atoms with van der Waals surface area (Å²) in [6.07, 6.45) is 0. The molecule has 0 saturated heterocycles. The minimum absolute atomic E-state index is 0.978. The summed E-state index contributed by atoms with van der Waals surface area (Å²) >= 11 is 3.52. The first kappa shape index (κ1) is 9.46. The van der Waals surface area contributed by atoms with Crippen molar-refractivity contribution in [1.29, 1.82) is 0 Å². The molecule has 1 N–H and O–H groups in total. The Morgan fingerprint density at radius 2 is 2.07 bits per heavy atom. The number of nitrogens with zero attached hydrogens (tertiary/aromatic N) is 1. The maximum Gasteiger partial charge on any atom is 0.107 e. The van der Waals surface area contributed by atoms with Crippen molar-refractivity contribution in [1.82, 2.24) is 10.2 Å². The molecule has 0 bridgehead atoms. The van der Waals surface area contributed by atoms with Crippen molar-refractivity contribution in [3.8, 4) is 11.3 Å². The van der Waals surface area contributed by atoms with Gasteiger partial charge in [-0.05, 0) is 35.8 Å². The standard InChI is InChI=1S/C11H11BrN2/c1-7-4-3-5-9(6-7)11-10(12)8(2)13-14-11/h3-6H,1-2H3,(H,13,14). The van der Waals surface area contributed by atoms with Gasteiger partial charge in [-0.1, -0.05) is 23.8 Å². The van der Waals surface area contributed by atoms with Gasteiger partial charge in [0, 0.05) is 11.3 Å². The number of H-pyrrole nitrogens is 1. The lowest BCUT2D eigenvalue weighted by atomic mass is 10.1. The summed E-state index contributed by atoms with van der Waals surface area (Å²) in [5, 5.41) is 7.21. The van der Waals surface area contributed by atoms with Crippen molar-refractivity contribution < 1.29 is 0 Å². The fourth-order valence-electron chi connectivity index (χ4n) is 1.40. The average Bonchev–Trinajstić information content (AvgIpc) is 2.48. The Hall–Kier alpha value is -1.09. The van der Waals surface area contributed by atoms with Crippen LogP contribution in [0.25, 0.3) is 11.3 Å². The second kappa shape index (κ2) is 3.58. The first-order valence-corrected chi connectivity index (χ1v) is 5.25. The molecule has 0 amide bonds. The van der Waals surface area contributed by atoms with Crippen molar-refractivity contribution in [2.24, 2.45) is 0 Å². The van der Waals surface area contributed by atoms with Crippen LogP contribution < -0.4 is 0 Å². The van der Waals surface area contributed by atoms with Crippen molar-refractivity contribution in [2.75, 3.05) is 0 Å². The van der Waals surface area contributed by atoms with E-state index in [-0.39, 0.29) is 0 Å². The smallest absolute Gasteiger partial charge is 0.107 e. The molecule has 3 heteroatoms. The van der Waals surface area contributed by atoms with Crippen molar-refractivity contribution >= 4 is 15.9 Å². The number of aryl methyl sites for hydroxylation is 2. The van der Waals surface area contributed by atoms with Gasteiger partial charge in [0.1, 0.15) is 5.69 Å². The van der Waals surface area contributed by atoms with Crippen molar-refractivity contribution in [2.45, 2.75) is 13.8 Å². The molecule has 1 aromatic carbocycles. The zero-order valence-electron chi connectivity index (χ0n) is 8.13. The topological polar surface area (TPSA) is 28.7 Å². The number of hydrogen-bond donors (Lipinski definition) is 1. The van der Waals surface area contributed by atoms with Crippen molar-refractivity contribution in [3.05, 3.63) is 40.0 Å². The van der Waals surface area contributed by atoms with E-state index >= 15 is 0 Å². The quantitative estimate of drug-likeness (QED) is 0.826. The van der Waals surface area contributed by atoms with Crippen LogP contribution in [0.5, 0.6) is 0 Å². The van der Waals surface area contributed by atoms with Gasteiger partial charge in [-0.3, -0.25) is 5.10 Å². The number of halogens is 1. The third-order valence-electron chi connectivity index (χ3n) is 2.16. The highest BCUT2D eigenvalue weighted by molar-refractivity contribution is 9.10. The molecular weight excluding hydrogens is 240 g/mol. The normalized spacial score (nSPS) is 10.5. The summed E-state index contributed by atoms with van der Waals surface area (Å²) in [6.45, 7) is 4.08. The van der Waals surface area contributed by atoms with Crippen LogP contribution >= 0.6 is 15.9 Å². The molecule has 1 aromatic heterocycles. The second-order valence-electron chi connectivity index (χ2n) is 3.38. The van der Waals surface area contributed by atoms with Crippen LogP contribution in [-0.2, 0) is 0 Å². The fraction of sp³-hybridized carbons (Fsp3) is 0.182. The molecule has 0 unspecified atom stereocenters. The van der Waals surface area contributed by atoms with Gasteiger partial charge >= 0.3 is 0 Å². The van der Waals surface area contributed by atoms with E-state index in [1.165, 1.54) is 5.56 Å². The van der Waals surface area contributed by atoms with Gasteiger partial charge in [0.25, 0.3) is 0 Å². The van der Waals surface area contributed by atoms with Crippen LogP contribution in [0.2, 0.25) is 0 Å². The monoisotopic (exact) mass is 250 g/mol. The van der Waals surface area contributed by atoms with Gasteiger partial charge in [0.15, 0.2) is 0 Å². The Labute approximate surface area is 91.5 Å². The van der Waals surface area contributed by atoms with Gasteiger partial charge in [0.05, 0.1) is 4.47 Å². The highest BCUT2D eigenvalue weighted by Crippen LogP contribution is 2.28. The molecule has 0 saturated carbocycles. The Bertz CT molecular complexity index is 460. The number of rotatable bonds is 1. The lowest BCUT2D eigenvalue weighted by Crippen LogP contribution is -1.80. The van der Waals surface area contributed by atoms with Crippen LogP contribution in [0.15, 0.2) is 28.7 Å². The van der Waals surface area contributed by atoms with E-state index in [2.05, 4.69) is 51.3 Å². The predicted octanol–water partition coefficient (Wildman–Crippen LogP) is 3.46. The minimum atomic E-state index is 0.978. The Balaban J connectivity index is 2.55. The fourth-order valence-corrected chi connectivity index (χ4v) is 1.81. The molecule has 0 aliphatic heterocycles. The molecule has 14 heavy (non-hydrogen) atoms. The highest BCUT2D eigenvalue weighted by atomic mass is 79.9. The molecular formula is C11H11BrN2. The van der Waals surface area contributed by atoms with Crippen LogP contribution in [-0.4, -0.2) is 10.2 Å². The van der Waals surface area contributed by atoms with Crippen LogP contribution in [0, 0.1) is 13.8 Å². The first-order chi connectivity index (χ1) is 6.68. The van der Waals surface area contributed by atoms with E-state index in [4.69, 9.17) is 0 Å². The molecule has 0 atom stereocenters. The van der Waals surface area contributed by atoms with Gasteiger partial charge in [-0.2, -0.15) is 5.10 Å². The maximum atomic E-state index is 4.25. The third kappa shape index (κ3) is 1.60. The second-order valence-corrected chi connectivity index (χ2v) is 4.17. The van der Waals surface area contributed by atoms with E-state index in [9.17, 15) is 0 Å². The number of nitrogens with one attached hydrogen (secondary N) is 1. The molecule has 2 aromatic rings. The number of benzene rings is 1. The van der Waals surface area contributed by atoms with Crippen LogP contribution in [0.1, 0.15) is 11.3 Å². The molecule has 2 nitrogen and oxygen atoms in total. The molecule has 72 valence electrons. The summed E-state index contributed by atoms with van der Waals surface area (Å²) in [4.78, 5) is 0. The summed E-state index contributed by atoms with van der Waals surface area (Å²) < 4.78 is 1.04. The molecule has 0 radical (unpaired) electrons. The van der Waals surface area contributed by atoms with E-state index in [0.717, 1.165) is 21.4 Å². The molecule has 1 heterocycles. The minimum Gasteiger partial charge on any atom is -0.281 e. The number of aromatic amines is 1. The summed E-state index contributed by atoms with van der Waals surface area (Å²) in [5.74, 6) is 0. The van der Waals surface area contributed by atoms with Crippen molar-refractivity contribution in [3.63, 3.8) is 0 Å². The zero-order valence-corrected chi connectivity index (χ0v) is 9.72. The van der Waals surface area contributed by atoms with Gasteiger partial charge in [-0.15, -0.1) is 0 Å². The lowest BCUT2D eigenvalue weighted by Gasteiger charge is -1.98. The molecule has 0 aliphatic carbocycles. The summed E-state index contributed by atoms with van der Waals surface area (Å²) in [6, 6.07) is 8.31. The Morgan fingerprint density at radius 1 is 1.29 bits per heavy atom. The lowest BCUT2D eigenvalue weighted by molar-refractivity contribution is 1.05. The number of aromatic nitrogens is 2. The molecule has 0 spiro atoms. The Kier molecular flexibility index (Phi) is 2.42. The van der Waals surface area contributed by atoms with Gasteiger partial charge < -0.3 is 0 Å². The van der Waals surface area contributed by atoms with Gasteiger partial charge in [0.2, 0.25) is 0 Å². The molecule has 2 rings (SSSR count). The maximum absolute atomic E-state index is 4.25. The Morgan fingerprint density at radius 3 is 2.64 bits per heavy atom. The highest BCUT2D eigenvalue weighted by Gasteiger charge is 2.08. The summed E-state index contributed by atoms with van der Waals surface area (Å²) in [5.41, 5.74) is 4.42. The van der Waals surface area contributed by atoms with E-state index in [1.54, 1.807) is 0 Å². The molecule has 0 aliphatic rings. The number of hydrogen-bond acceptors (Lipinski definition) is 1. The zero-order chi connectivity index (χ0) is 10.1. The van der Waals surface area contributed by atoms with Crippen LogP contribution in [0.4, 0.5) is 0 Å². The predicted molar refractivity (Wildman–Crippen MR) is 61.2 cm³/mol. The third-order valence-corrected chi connectivity index (χ3v) is 3.13.